The minimum atomic E-state index is -1.17. The van der Waals surface area contributed by atoms with Crippen LogP contribution in [0.1, 0.15) is 38.5 Å². The molecule has 0 rings (SSSR count). The standard InChI is InChI=1S/C19H36N11O5/c20-12(4-2-8-27-19(24)25)16(34)30-13(5-6-14(21)32)17(35)28-9-15(33)29-11(10-31)3-1-7-26-18(22)23/h11-13H,1-9,20H2,(H2,21,32)(H,28,35)(H,29,33)(H,30,34)(H4,22,23,26)(H4,24,25,27)/t11-,12-,13-/m0/s1. The third-order valence-corrected chi connectivity index (χ3v) is 4.54. The van der Waals surface area contributed by atoms with Crippen molar-refractivity contribution in [2.24, 2.45) is 22.9 Å². The van der Waals surface area contributed by atoms with Crippen LogP contribution in [0.4, 0.5) is 0 Å². The lowest BCUT2D eigenvalue weighted by Crippen LogP contribution is -2.53. The predicted molar refractivity (Wildman–Crippen MR) is 127 cm³/mol. The highest BCUT2D eigenvalue weighted by molar-refractivity contribution is 5.92. The average Bonchev–Trinajstić information content (AvgIpc) is 2.78. The maximum Gasteiger partial charge on any atom is 0.243 e. The summed E-state index contributed by atoms with van der Waals surface area (Å²) in [7, 11) is 0. The molecule has 0 bridgehead atoms. The molecule has 16 nitrogen and oxygen atoms in total. The molecule has 0 fully saturated rings. The molecule has 3 atom stereocenters. The Morgan fingerprint density at radius 3 is 1.89 bits per heavy atom. The number of nitrogens with one attached hydrogen (secondary N) is 7. The van der Waals surface area contributed by atoms with Crippen molar-refractivity contribution in [2.45, 2.75) is 56.7 Å². The van der Waals surface area contributed by atoms with Crippen LogP contribution < -0.4 is 49.5 Å². The topological polar surface area (TPSA) is 297 Å². The van der Waals surface area contributed by atoms with Crippen LogP contribution in [0, 0.1) is 10.8 Å². The summed E-state index contributed by atoms with van der Waals surface area (Å²) in [5, 5.41) is 26.4. The molecule has 15 N–H and O–H groups in total. The van der Waals surface area contributed by atoms with Crippen molar-refractivity contribution in [3.05, 3.63) is 0 Å². The summed E-state index contributed by atoms with van der Waals surface area (Å²) in [6.07, 6.45) is 2.71. The van der Waals surface area contributed by atoms with Crippen molar-refractivity contribution in [1.82, 2.24) is 26.6 Å². The van der Waals surface area contributed by atoms with E-state index in [4.69, 9.17) is 33.8 Å². The van der Waals surface area contributed by atoms with E-state index in [1.54, 1.807) is 6.29 Å². The second-order valence-corrected chi connectivity index (χ2v) is 7.59. The number of guanidine groups is 2. The molecule has 0 unspecified atom stereocenters. The lowest BCUT2D eigenvalue weighted by Gasteiger charge is -2.20. The van der Waals surface area contributed by atoms with E-state index >= 15 is 0 Å². The van der Waals surface area contributed by atoms with Gasteiger partial charge in [-0.05, 0) is 32.1 Å². The van der Waals surface area contributed by atoms with Crippen LogP contribution in [0.5, 0.6) is 0 Å². The zero-order chi connectivity index (χ0) is 26.8. The average molecular weight is 499 g/mol. The summed E-state index contributed by atoms with van der Waals surface area (Å²) in [6.45, 7) is 0.175. The summed E-state index contributed by atoms with van der Waals surface area (Å²) >= 11 is 0. The van der Waals surface area contributed by atoms with Gasteiger partial charge >= 0.3 is 0 Å². The zero-order valence-electron chi connectivity index (χ0n) is 19.4. The SMILES string of the molecule is N=C(N)NCCC[C@@H]([C]=O)NC(=O)CNC(=O)[C@H](CCC(N)=O)NC(=O)[C@@H](N)CCCNC(=N)N. The summed E-state index contributed by atoms with van der Waals surface area (Å²) in [4.78, 5) is 59.1. The summed E-state index contributed by atoms with van der Waals surface area (Å²) < 4.78 is 0. The zero-order valence-corrected chi connectivity index (χ0v) is 19.4. The molecule has 0 aromatic heterocycles. The van der Waals surface area contributed by atoms with Gasteiger partial charge in [0.05, 0.1) is 18.6 Å². The van der Waals surface area contributed by atoms with Crippen molar-refractivity contribution in [2.75, 3.05) is 19.6 Å². The quantitative estimate of drug-likeness (QED) is 0.0487. The molecule has 0 aromatic carbocycles. The van der Waals surface area contributed by atoms with Crippen molar-refractivity contribution >= 4 is 41.8 Å². The number of hydrogen-bond donors (Lipinski definition) is 11. The van der Waals surface area contributed by atoms with Gasteiger partial charge in [0.2, 0.25) is 29.9 Å². The second-order valence-electron chi connectivity index (χ2n) is 7.59. The number of carbonyl (C=O) groups excluding carboxylic acids is 5. The molecule has 16 heteroatoms. The minimum Gasteiger partial charge on any atom is -0.370 e. The molecule has 197 valence electrons. The summed E-state index contributed by atoms with van der Waals surface area (Å²) in [5.74, 6) is -3.15. The van der Waals surface area contributed by atoms with Crippen LogP contribution in [-0.4, -0.2) is 79.6 Å². The van der Waals surface area contributed by atoms with E-state index in [0.717, 1.165) is 0 Å². The third-order valence-electron chi connectivity index (χ3n) is 4.54. The molecular weight excluding hydrogens is 462 g/mol. The first-order valence-electron chi connectivity index (χ1n) is 10.9. The van der Waals surface area contributed by atoms with Gasteiger partial charge in [-0.3, -0.25) is 34.8 Å². The highest BCUT2D eigenvalue weighted by atomic mass is 16.2. The van der Waals surface area contributed by atoms with E-state index in [2.05, 4.69) is 26.6 Å². The smallest absolute Gasteiger partial charge is 0.243 e. The van der Waals surface area contributed by atoms with Gasteiger partial charge in [-0.25, -0.2) is 0 Å². The van der Waals surface area contributed by atoms with Crippen LogP contribution in [0.15, 0.2) is 0 Å². The van der Waals surface area contributed by atoms with Crippen LogP contribution in [-0.2, 0) is 24.0 Å². The van der Waals surface area contributed by atoms with Crippen molar-refractivity contribution in [3.63, 3.8) is 0 Å². The number of amides is 4. The molecule has 35 heavy (non-hydrogen) atoms. The van der Waals surface area contributed by atoms with Gasteiger partial charge in [0.25, 0.3) is 0 Å². The Morgan fingerprint density at radius 1 is 0.800 bits per heavy atom. The fourth-order valence-electron chi connectivity index (χ4n) is 2.74. The Hall–Kier alpha value is -3.95. The lowest BCUT2D eigenvalue weighted by atomic mass is 10.1. The first kappa shape index (κ1) is 31.0. The van der Waals surface area contributed by atoms with E-state index in [1.807, 2.05) is 0 Å². The molecule has 0 aromatic rings. The monoisotopic (exact) mass is 498 g/mol. The van der Waals surface area contributed by atoms with Crippen LogP contribution in [0.25, 0.3) is 0 Å². The molecule has 0 aliphatic carbocycles. The summed E-state index contributed by atoms with van der Waals surface area (Å²) in [5.41, 5.74) is 21.3. The molecule has 4 amide bonds. The minimum absolute atomic E-state index is 0.110. The van der Waals surface area contributed by atoms with Gasteiger partial charge in [-0.15, -0.1) is 0 Å². The number of nitrogens with two attached hydrogens (primary N) is 4. The third kappa shape index (κ3) is 16.3. The van der Waals surface area contributed by atoms with Gasteiger partial charge in [0, 0.05) is 19.5 Å². The van der Waals surface area contributed by atoms with Gasteiger partial charge in [-0.1, -0.05) is 0 Å². The molecule has 0 aliphatic heterocycles. The second kappa shape index (κ2) is 17.5. The Balaban J connectivity index is 4.71. The van der Waals surface area contributed by atoms with E-state index < -0.39 is 48.3 Å². The predicted octanol–water partition coefficient (Wildman–Crippen LogP) is -4.70. The maximum absolute atomic E-state index is 12.5. The van der Waals surface area contributed by atoms with E-state index in [1.165, 1.54) is 0 Å². The molecule has 0 aliphatic rings. The van der Waals surface area contributed by atoms with Crippen molar-refractivity contribution in [1.29, 1.82) is 10.8 Å². The number of primary amides is 1. The Labute approximate surface area is 203 Å². The largest absolute Gasteiger partial charge is 0.370 e. The Bertz CT molecular complexity index is 761. The molecule has 0 saturated heterocycles. The van der Waals surface area contributed by atoms with Gasteiger partial charge in [0.15, 0.2) is 11.9 Å². The Morgan fingerprint density at radius 2 is 1.37 bits per heavy atom. The normalized spacial score (nSPS) is 12.8. The first-order valence-corrected chi connectivity index (χ1v) is 10.9. The van der Waals surface area contributed by atoms with E-state index in [9.17, 15) is 24.0 Å². The van der Waals surface area contributed by atoms with Crippen molar-refractivity contribution < 1.29 is 24.0 Å². The molecule has 0 spiro atoms. The van der Waals surface area contributed by atoms with Crippen LogP contribution >= 0.6 is 0 Å². The molecule has 1 radical (unpaired) electrons. The molecular formula is C19H36N11O5. The lowest BCUT2D eigenvalue weighted by molar-refractivity contribution is -0.131. The van der Waals surface area contributed by atoms with Gasteiger partial charge < -0.3 is 49.5 Å². The molecule has 0 heterocycles. The number of rotatable bonds is 18. The highest BCUT2D eigenvalue weighted by Gasteiger charge is 2.24. The Kier molecular flexibility index (Phi) is 15.5. The first-order chi connectivity index (χ1) is 16.5. The van der Waals surface area contributed by atoms with Gasteiger partial charge in [-0.2, -0.15) is 0 Å². The summed E-state index contributed by atoms with van der Waals surface area (Å²) in [6, 6.07) is -3.05. The fourth-order valence-corrected chi connectivity index (χ4v) is 2.74. The highest BCUT2D eigenvalue weighted by Crippen LogP contribution is 2.01. The van der Waals surface area contributed by atoms with E-state index in [0.29, 0.717) is 25.9 Å². The van der Waals surface area contributed by atoms with E-state index in [-0.39, 0.29) is 37.6 Å². The maximum atomic E-state index is 12.5. The van der Waals surface area contributed by atoms with Gasteiger partial charge in [0.1, 0.15) is 6.04 Å². The van der Waals surface area contributed by atoms with Crippen LogP contribution in [0.3, 0.4) is 0 Å². The number of hydrogen-bond acceptors (Lipinski definition) is 8. The number of carbonyl (C=O) groups is 4. The van der Waals surface area contributed by atoms with Crippen molar-refractivity contribution in [3.8, 4) is 0 Å². The fraction of sp³-hybridized carbons (Fsp3) is 0.632. The van der Waals surface area contributed by atoms with Crippen LogP contribution in [0.2, 0.25) is 0 Å². The molecule has 0 saturated carbocycles.